The SMILES string of the molecule is CCC1CN(C)CCCN1C(=O)c1c(C)cccc1N. The summed E-state index contributed by atoms with van der Waals surface area (Å²) in [5.74, 6) is 0.0859. The number of nitrogen functional groups attached to an aromatic ring is 1. The number of nitrogens with two attached hydrogens (primary N) is 1. The van der Waals surface area contributed by atoms with E-state index in [4.69, 9.17) is 5.73 Å². The molecule has 4 heteroatoms. The summed E-state index contributed by atoms with van der Waals surface area (Å²) in [4.78, 5) is 17.2. The number of likely N-dealkylation sites (N-methyl/N-ethyl adjacent to an activating group) is 1. The van der Waals surface area contributed by atoms with Crippen LogP contribution in [0.4, 0.5) is 5.69 Å². The van der Waals surface area contributed by atoms with Gasteiger partial charge in [-0.1, -0.05) is 19.1 Å². The van der Waals surface area contributed by atoms with Gasteiger partial charge >= 0.3 is 0 Å². The van der Waals surface area contributed by atoms with E-state index in [2.05, 4.69) is 18.9 Å². The van der Waals surface area contributed by atoms with E-state index in [0.717, 1.165) is 38.0 Å². The first-order valence-electron chi connectivity index (χ1n) is 7.39. The van der Waals surface area contributed by atoms with Crippen molar-refractivity contribution in [3.63, 3.8) is 0 Å². The van der Waals surface area contributed by atoms with E-state index in [9.17, 15) is 4.79 Å². The predicted octanol–water partition coefficient (Wildman–Crippen LogP) is 2.13. The zero-order valence-corrected chi connectivity index (χ0v) is 12.7. The van der Waals surface area contributed by atoms with Crippen LogP contribution in [0.5, 0.6) is 0 Å². The number of hydrogen-bond acceptors (Lipinski definition) is 3. The van der Waals surface area contributed by atoms with E-state index in [-0.39, 0.29) is 11.9 Å². The van der Waals surface area contributed by atoms with Crippen molar-refractivity contribution in [3.05, 3.63) is 29.3 Å². The highest BCUT2D eigenvalue weighted by Gasteiger charge is 2.28. The Balaban J connectivity index is 2.30. The second-order valence-electron chi connectivity index (χ2n) is 5.72. The lowest BCUT2D eigenvalue weighted by molar-refractivity contribution is 0.0676. The summed E-state index contributed by atoms with van der Waals surface area (Å²) >= 11 is 0. The van der Waals surface area contributed by atoms with Crippen molar-refractivity contribution in [1.29, 1.82) is 0 Å². The number of amides is 1. The minimum atomic E-state index is 0.0859. The van der Waals surface area contributed by atoms with Gasteiger partial charge in [-0.25, -0.2) is 0 Å². The largest absolute Gasteiger partial charge is 0.398 e. The molecule has 1 fully saturated rings. The van der Waals surface area contributed by atoms with Crippen LogP contribution in [0, 0.1) is 6.92 Å². The molecule has 110 valence electrons. The number of anilines is 1. The van der Waals surface area contributed by atoms with E-state index < -0.39 is 0 Å². The highest BCUT2D eigenvalue weighted by atomic mass is 16.2. The Hall–Kier alpha value is -1.55. The summed E-state index contributed by atoms with van der Waals surface area (Å²) in [6, 6.07) is 5.93. The summed E-state index contributed by atoms with van der Waals surface area (Å²) in [7, 11) is 2.12. The molecule has 1 aliphatic heterocycles. The highest BCUT2D eigenvalue weighted by Crippen LogP contribution is 2.22. The molecule has 1 heterocycles. The molecule has 1 atom stereocenters. The topological polar surface area (TPSA) is 49.6 Å². The number of carbonyl (C=O) groups is 1. The van der Waals surface area contributed by atoms with Gasteiger partial charge in [0.25, 0.3) is 5.91 Å². The van der Waals surface area contributed by atoms with Crippen LogP contribution in [0.1, 0.15) is 35.7 Å². The van der Waals surface area contributed by atoms with Gasteiger partial charge in [0.2, 0.25) is 0 Å². The molecule has 20 heavy (non-hydrogen) atoms. The standard InChI is InChI=1S/C16H25N3O/c1-4-13-11-18(3)9-6-10-19(13)16(20)15-12(2)7-5-8-14(15)17/h5,7-8,13H,4,6,9-11,17H2,1-3H3. The maximum Gasteiger partial charge on any atom is 0.256 e. The van der Waals surface area contributed by atoms with Crippen LogP contribution in [0.3, 0.4) is 0 Å². The molecule has 1 aliphatic rings. The number of rotatable bonds is 2. The molecule has 4 nitrogen and oxygen atoms in total. The van der Waals surface area contributed by atoms with Crippen LogP contribution in [0.25, 0.3) is 0 Å². The lowest BCUT2D eigenvalue weighted by Gasteiger charge is -2.31. The Morgan fingerprint density at radius 1 is 1.40 bits per heavy atom. The number of hydrogen-bond donors (Lipinski definition) is 1. The highest BCUT2D eigenvalue weighted by molar-refractivity contribution is 6.00. The predicted molar refractivity (Wildman–Crippen MR) is 82.8 cm³/mol. The Morgan fingerprint density at radius 3 is 2.80 bits per heavy atom. The summed E-state index contributed by atoms with van der Waals surface area (Å²) in [5, 5.41) is 0. The van der Waals surface area contributed by atoms with Gasteiger partial charge in [0, 0.05) is 24.8 Å². The third kappa shape index (κ3) is 2.96. The van der Waals surface area contributed by atoms with Crippen molar-refractivity contribution < 1.29 is 4.79 Å². The van der Waals surface area contributed by atoms with Gasteiger partial charge in [-0.3, -0.25) is 4.79 Å². The zero-order chi connectivity index (χ0) is 14.7. The smallest absolute Gasteiger partial charge is 0.256 e. The Morgan fingerprint density at radius 2 is 2.15 bits per heavy atom. The summed E-state index contributed by atoms with van der Waals surface area (Å²) in [6.07, 6.45) is 1.99. The minimum Gasteiger partial charge on any atom is -0.398 e. The molecular weight excluding hydrogens is 250 g/mol. The van der Waals surface area contributed by atoms with Crippen LogP contribution in [-0.2, 0) is 0 Å². The van der Waals surface area contributed by atoms with E-state index in [0.29, 0.717) is 11.3 Å². The first kappa shape index (κ1) is 14.9. The molecule has 2 N–H and O–H groups in total. The Bertz CT molecular complexity index is 466. The van der Waals surface area contributed by atoms with Gasteiger partial charge in [-0.2, -0.15) is 0 Å². The third-order valence-corrected chi connectivity index (χ3v) is 4.15. The summed E-state index contributed by atoms with van der Waals surface area (Å²) < 4.78 is 0. The maximum atomic E-state index is 12.9. The average molecular weight is 275 g/mol. The van der Waals surface area contributed by atoms with Crippen LogP contribution in [0.15, 0.2) is 18.2 Å². The van der Waals surface area contributed by atoms with Gasteiger partial charge in [0.15, 0.2) is 0 Å². The van der Waals surface area contributed by atoms with Crippen LogP contribution >= 0.6 is 0 Å². The quantitative estimate of drug-likeness (QED) is 0.841. The zero-order valence-electron chi connectivity index (χ0n) is 12.7. The molecule has 1 saturated heterocycles. The van der Waals surface area contributed by atoms with Gasteiger partial charge < -0.3 is 15.5 Å². The fourth-order valence-corrected chi connectivity index (χ4v) is 2.99. The van der Waals surface area contributed by atoms with Gasteiger partial charge in [-0.15, -0.1) is 0 Å². The average Bonchev–Trinajstić information content (AvgIpc) is 2.59. The second kappa shape index (κ2) is 6.27. The molecule has 0 spiro atoms. The molecule has 1 aromatic carbocycles. The van der Waals surface area contributed by atoms with Gasteiger partial charge in [-0.05, 0) is 45.0 Å². The number of aryl methyl sites for hydroxylation is 1. The van der Waals surface area contributed by atoms with Crippen molar-refractivity contribution in [2.75, 3.05) is 32.4 Å². The fraction of sp³-hybridized carbons (Fsp3) is 0.562. The first-order chi connectivity index (χ1) is 9.54. The molecule has 0 aliphatic carbocycles. The van der Waals surface area contributed by atoms with Crippen LogP contribution in [-0.4, -0.2) is 48.4 Å². The van der Waals surface area contributed by atoms with Crippen molar-refractivity contribution >= 4 is 11.6 Å². The van der Waals surface area contributed by atoms with Crippen LogP contribution < -0.4 is 5.73 Å². The molecular formula is C16H25N3O. The monoisotopic (exact) mass is 275 g/mol. The summed E-state index contributed by atoms with van der Waals surface area (Å²) in [6.45, 7) is 6.90. The third-order valence-electron chi connectivity index (χ3n) is 4.15. The number of carbonyl (C=O) groups excluding carboxylic acids is 1. The molecule has 2 rings (SSSR count). The fourth-order valence-electron chi connectivity index (χ4n) is 2.99. The second-order valence-corrected chi connectivity index (χ2v) is 5.72. The molecule has 0 radical (unpaired) electrons. The van der Waals surface area contributed by atoms with E-state index in [1.165, 1.54) is 0 Å². The Kier molecular flexibility index (Phi) is 4.65. The van der Waals surface area contributed by atoms with Crippen LogP contribution in [0.2, 0.25) is 0 Å². The molecule has 0 bridgehead atoms. The van der Waals surface area contributed by atoms with Gasteiger partial charge in [0.05, 0.1) is 5.56 Å². The Labute approximate surface area is 121 Å². The lowest BCUT2D eigenvalue weighted by Crippen LogP contribution is -2.44. The molecule has 1 aromatic rings. The normalized spacial score (nSPS) is 20.8. The van der Waals surface area contributed by atoms with Crippen molar-refractivity contribution in [2.24, 2.45) is 0 Å². The summed E-state index contributed by atoms with van der Waals surface area (Å²) in [5.41, 5.74) is 8.25. The lowest BCUT2D eigenvalue weighted by atomic mass is 10.0. The van der Waals surface area contributed by atoms with Gasteiger partial charge in [0.1, 0.15) is 0 Å². The van der Waals surface area contributed by atoms with Crippen molar-refractivity contribution in [1.82, 2.24) is 9.80 Å². The van der Waals surface area contributed by atoms with Crippen molar-refractivity contribution in [3.8, 4) is 0 Å². The maximum absolute atomic E-state index is 12.9. The first-order valence-corrected chi connectivity index (χ1v) is 7.39. The number of benzene rings is 1. The minimum absolute atomic E-state index is 0.0859. The number of nitrogens with zero attached hydrogens (tertiary/aromatic N) is 2. The molecule has 1 amide bonds. The molecule has 0 saturated carbocycles. The van der Waals surface area contributed by atoms with Crippen molar-refractivity contribution in [2.45, 2.75) is 32.7 Å². The van der Waals surface area contributed by atoms with E-state index >= 15 is 0 Å². The van der Waals surface area contributed by atoms with E-state index in [1.807, 2.05) is 30.0 Å². The van der Waals surface area contributed by atoms with E-state index in [1.54, 1.807) is 0 Å². The molecule has 1 unspecified atom stereocenters. The molecule has 0 aromatic heterocycles.